The summed E-state index contributed by atoms with van der Waals surface area (Å²) in [7, 11) is 2.02. The summed E-state index contributed by atoms with van der Waals surface area (Å²) in [6, 6.07) is 0. The number of piperazine rings is 1. The lowest BCUT2D eigenvalue weighted by atomic mass is 9.78. The van der Waals surface area contributed by atoms with E-state index in [2.05, 4.69) is 14.4 Å². The first kappa shape index (κ1) is 18.9. The molecular weight excluding hydrogens is 344 g/mol. The summed E-state index contributed by atoms with van der Waals surface area (Å²) in [5.74, 6) is -1.77. The second kappa shape index (κ2) is 8.22. The first-order chi connectivity index (χ1) is 12.5. The lowest BCUT2D eigenvalue weighted by Crippen LogP contribution is -2.52. The Morgan fingerprint density at radius 1 is 0.962 bits per heavy atom. The van der Waals surface area contributed by atoms with E-state index in [1.807, 2.05) is 11.9 Å². The van der Waals surface area contributed by atoms with E-state index in [9.17, 15) is 14.4 Å². The highest BCUT2D eigenvalue weighted by Crippen LogP contribution is 2.45. The van der Waals surface area contributed by atoms with Gasteiger partial charge in [-0.25, -0.2) is 4.79 Å². The predicted octanol–water partition coefficient (Wildman–Crippen LogP) is 0.228. The van der Waals surface area contributed by atoms with Crippen LogP contribution >= 0.6 is 0 Å². The lowest BCUT2D eigenvalue weighted by Gasteiger charge is -2.36. The molecule has 2 bridgehead atoms. The summed E-state index contributed by atoms with van der Waals surface area (Å²) >= 11 is 0. The van der Waals surface area contributed by atoms with Gasteiger partial charge in [-0.05, 0) is 26.8 Å². The number of fused-ring (bicyclic) bond motifs is 2. The SMILES string of the molecule is CCOC(=O)OCOC(=O)[C@H]1[C@@H](C(=O)N2CCN(C)CC2)[C@@H]2CC[C@H]1O2. The molecule has 3 aliphatic rings. The minimum Gasteiger partial charge on any atom is -0.435 e. The molecule has 3 rings (SSSR count). The Kier molecular flexibility index (Phi) is 5.98. The number of nitrogens with zero attached hydrogens (tertiary/aromatic N) is 2. The van der Waals surface area contributed by atoms with E-state index >= 15 is 0 Å². The largest absolute Gasteiger partial charge is 0.511 e. The molecule has 0 radical (unpaired) electrons. The van der Waals surface area contributed by atoms with Gasteiger partial charge in [0, 0.05) is 26.2 Å². The highest BCUT2D eigenvalue weighted by atomic mass is 16.8. The number of carbonyl (C=O) groups is 3. The van der Waals surface area contributed by atoms with E-state index in [-0.39, 0.29) is 24.7 Å². The van der Waals surface area contributed by atoms with Gasteiger partial charge in [-0.3, -0.25) is 9.59 Å². The molecule has 0 saturated carbocycles. The van der Waals surface area contributed by atoms with Crippen LogP contribution in [0.25, 0.3) is 0 Å². The molecule has 0 unspecified atom stereocenters. The molecule has 3 fully saturated rings. The molecule has 3 aliphatic heterocycles. The lowest BCUT2D eigenvalue weighted by molar-refractivity contribution is -0.164. The number of rotatable bonds is 5. The Hall–Kier alpha value is -1.87. The third-order valence-electron chi connectivity index (χ3n) is 5.29. The molecule has 26 heavy (non-hydrogen) atoms. The first-order valence-electron chi connectivity index (χ1n) is 9.10. The zero-order valence-corrected chi connectivity index (χ0v) is 15.2. The highest BCUT2D eigenvalue weighted by Gasteiger charge is 2.57. The number of esters is 1. The van der Waals surface area contributed by atoms with Crippen LogP contribution in [0.15, 0.2) is 0 Å². The van der Waals surface area contributed by atoms with Gasteiger partial charge < -0.3 is 28.7 Å². The molecular formula is C17H26N2O7. The van der Waals surface area contributed by atoms with E-state index in [1.165, 1.54) is 0 Å². The summed E-state index contributed by atoms with van der Waals surface area (Å²) < 4.78 is 20.2. The van der Waals surface area contributed by atoms with E-state index in [0.29, 0.717) is 13.1 Å². The summed E-state index contributed by atoms with van der Waals surface area (Å²) in [5.41, 5.74) is 0. The smallest absolute Gasteiger partial charge is 0.435 e. The maximum atomic E-state index is 13.0. The zero-order chi connectivity index (χ0) is 18.7. The number of hydrogen-bond acceptors (Lipinski definition) is 8. The molecule has 0 aromatic rings. The number of carbonyl (C=O) groups excluding carboxylic acids is 3. The monoisotopic (exact) mass is 370 g/mol. The van der Waals surface area contributed by atoms with Crippen LogP contribution < -0.4 is 0 Å². The van der Waals surface area contributed by atoms with Crippen molar-refractivity contribution in [2.24, 2.45) is 11.8 Å². The molecule has 0 aromatic carbocycles. The van der Waals surface area contributed by atoms with Crippen LogP contribution in [0.4, 0.5) is 4.79 Å². The maximum absolute atomic E-state index is 13.0. The number of amides is 1. The van der Waals surface area contributed by atoms with Crippen molar-refractivity contribution in [2.75, 3.05) is 46.6 Å². The van der Waals surface area contributed by atoms with Crippen LogP contribution in [0, 0.1) is 11.8 Å². The molecule has 9 nitrogen and oxygen atoms in total. The number of ether oxygens (including phenoxy) is 4. The van der Waals surface area contributed by atoms with Crippen LogP contribution in [-0.4, -0.2) is 86.7 Å². The topological polar surface area (TPSA) is 94.6 Å². The highest BCUT2D eigenvalue weighted by molar-refractivity contribution is 5.87. The van der Waals surface area contributed by atoms with Crippen molar-refractivity contribution in [2.45, 2.75) is 32.0 Å². The zero-order valence-electron chi connectivity index (χ0n) is 15.2. The summed E-state index contributed by atoms with van der Waals surface area (Å²) in [6.07, 6.45) is 0.0647. The normalized spacial score (nSPS) is 30.9. The fraction of sp³-hybridized carbons (Fsp3) is 0.824. The molecule has 0 spiro atoms. The van der Waals surface area contributed by atoms with Crippen molar-refractivity contribution in [1.29, 1.82) is 0 Å². The van der Waals surface area contributed by atoms with Crippen molar-refractivity contribution in [3.8, 4) is 0 Å². The minimum atomic E-state index is -0.894. The Morgan fingerprint density at radius 3 is 2.27 bits per heavy atom. The third kappa shape index (κ3) is 3.93. The molecule has 146 valence electrons. The van der Waals surface area contributed by atoms with Gasteiger partial charge in [-0.15, -0.1) is 0 Å². The minimum absolute atomic E-state index is 0.0430. The van der Waals surface area contributed by atoms with Gasteiger partial charge in [0.05, 0.1) is 30.7 Å². The average molecular weight is 370 g/mol. The van der Waals surface area contributed by atoms with Crippen molar-refractivity contribution in [1.82, 2.24) is 9.80 Å². The van der Waals surface area contributed by atoms with Crippen LogP contribution in [0.1, 0.15) is 19.8 Å². The summed E-state index contributed by atoms with van der Waals surface area (Å²) in [4.78, 5) is 40.6. The van der Waals surface area contributed by atoms with E-state index < -0.39 is 30.8 Å². The van der Waals surface area contributed by atoms with Gasteiger partial charge in [0.2, 0.25) is 12.7 Å². The number of likely N-dealkylation sites (N-methyl/N-ethyl adjacent to an activating group) is 1. The van der Waals surface area contributed by atoms with Gasteiger partial charge in [0.15, 0.2) is 0 Å². The summed E-state index contributed by atoms with van der Waals surface area (Å²) in [5, 5.41) is 0. The molecule has 1 amide bonds. The van der Waals surface area contributed by atoms with Crippen LogP contribution in [-0.2, 0) is 28.5 Å². The Bertz CT molecular complexity index is 547. The van der Waals surface area contributed by atoms with Gasteiger partial charge in [-0.1, -0.05) is 0 Å². The molecule has 3 saturated heterocycles. The Balaban J connectivity index is 1.58. The van der Waals surface area contributed by atoms with Gasteiger partial charge in [0.25, 0.3) is 0 Å². The predicted molar refractivity (Wildman–Crippen MR) is 88.0 cm³/mol. The second-order valence-corrected chi connectivity index (χ2v) is 6.88. The quantitative estimate of drug-likeness (QED) is 0.501. The molecule has 4 atom stereocenters. The standard InChI is InChI=1S/C17H26N2O7/c1-3-23-17(22)25-10-24-16(21)14-12-5-4-11(26-12)13(14)15(20)19-8-6-18(2)7-9-19/h11-14H,3-10H2,1-2H3/t11-,12+,13-,14+/m0/s1. The van der Waals surface area contributed by atoms with Crippen LogP contribution in [0.5, 0.6) is 0 Å². The van der Waals surface area contributed by atoms with Gasteiger partial charge >= 0.3 is 12.1 Å². The Morgan fingerprint density at radius 2 is 1.62 bits per heavy atom. The van der Waals surface area contributed by atoms with E-state index in [0.717, 1.165) is 25.9 Å². The van der Waals surface area contributed by atoms with Crippen molar-refractivity contribution >= 4 is 18.0 Å². The first-order valence-corrected chi connectivity index (χ1v) is 9.10. The van der Waals surface area contributed by atoms with Gasteiger partial charge in [0.1, 0.15) is 0 Å². The molecule has 3 heterocycles. The number of hydrogen-bond donors (Lipinski definition) is 0. The fourth-order valence-electron chi connectivity index (χ4n) is 3.92. The average Bonchev–Trinajstić information content (AvgIpc) is 3.23. The third-order valence-corrected chi connectivity index (χ3v) is 5.29. The fourth-order valence-corrected chi connectivity index (χ4v) is 3.92. The Labute approximate surface area is 152 Å². The summed E-state index contributed by atoms with van der Waals surface area (Å²) in [6.45, 7) is 4.23. The second-order valence-electron chi connectivity index (χ2n) is 6.88. The molecule has 0 aliphatic carbocycles. The molecule has 0 aromatic heterocycles. The van der Waals surface area contributed by atoms with Crippen LogP contribution in [0.3, 0.4) is 0 Å². The van der Waals surface area contributed by atoms with Crippen molar-refractivity contribution in [3.63, 3.8) is 0 Å². The van der Waals surface area contributed by atoms with Crippen LogP contribution in [0.2, 0.25) is 0 Å². The molecule has 9 heteroatoms. The van der Waals surface area contributed by atoms with E-state index in [4.69, 9.17) is 9.47 Å². The maximum Gasteiger partial charge on any atom is 0.511 e. The van der Waals surface area contributed by atoms with E-state index in [1.54, 1.807) is 6.92 Å². The molecule has 0 N–H and O–H groups in total. The van der Waals surface area contributed by atoms with Crippen molar-refractivity contribution in [3.05, 3.63) is 0 Å². The van der Waals surface area contributed by atoms with Gasteiger partial charge in [-0.2, -0.15) is 0 Å². The van der Waals surface area contributed by atoms with Crippen molar-refractivity contribution < 1.29 is 33.3 Å².